The van der Waals surface area contributed by atoms with Crippen molar-refractivity contribution in [3.8, 4) is 0 Å². The molecule has 7 nitrogen and oxygen atoms in total. The van der Waals surface area contributed by atoms with Crippen LogP contribution in [0, 0.1) is 0 Å². The molecule has 0 unspecified atom stereocenters. The summed E-state index contributed by atoms with van der Waals surface area (Å²) in [6.07, 6.45) is -5.01. The fraction of sp³-hybridized carbons (Fsp3) is 0.200. The van der Waals surface area contributed by atoms with E-state index < -0.39 is 29.8 Å². The van der Waals surface area contributed by atoms with E-state index in [1.165, 1.54) is 42.5 Å². The van der Waals surface area contributed by atoms with Gasteiger partial charge < -0.3 is 10.6 Å². The maximum Gasteiger partial charge on any atom is 0.471 e. The molecule has 0 bridgehead atoms. The fourth-order valence-electron chi connectivity index (χ4n) is 2.91. The SMILES string of the molecule is CC(C)N1C(=O)c2ccc(C(=O)Nc3ccc(NC(=O)C(F)(F)F)cc3)cc2C1=O. The van der Waals surface area contributed by atoms with Gasteiger partial charge in [0.1, 0.15) is 0 Å². The number of fused-ring (bicyclic) bond motifs is 1. The Balaban J connectivity index is 1.73. The standard InChI is InChI=1S/C20H16F3N3O4/c1-10(2)26-17(28)14-8-3-11(9-15(14)18(26)29)16(27)24-12-4-6-13(7-5-12)25-19(30)20(21,22)23/h3-10H,1-2H3,(H,24,27)(H,25,30). The first kappa shape index (κ1) is 21.0. The molecule has 2 aromatic rings. The molecule has 0 atom stereocenters. The van der Waals surface area contributed by atoms with E-state index in [0.717, 1.165) is 4.90 Å². The summed E-state index contributed by atoms with van der Waals surface area (Å²) in [7, 11) is 0. The highest BCUT2D eigenvalue weighted by Crippen LogP contribution is 2.26. The van der Waals surface area contributed by atoms with Gasteiger partial charge in [-0.2, -0.15) is 13.2 Å². The van der Waals surface area contributed by atoms with E-state index in [2.05, 4.69) is 5.32 Å². The first-order valence-corrected chi connectivity index (χ1v) is 8.80. The lowest BCUT2D eigenvalue weighted by Gasteiger charge is -2.17. The van der Waals surface area contributed by atoms with E-state index in [9.17, 15) is 32.3 Å². The summed E-state index contributed by atoms with van der Waals surface area (Å²) < 4.78 is 36.8. The highest BCUT2D eigenvalue weighted by atomic mass is 19.4. The van der Waals surface area contributed by atoms with Gasteiger partial charge in [0.05, 0.1) is 11.1 Å². The first-order valence-electron chi connectivity index (χ1n) is 8.80. The summed E-state index contributed by atoms with van der Waals surface area (Å²) in [4.78, 5) is 49.2. The van der Waals surface area contributed by atoms with Crippen LogP contribution in [0.15, 0.2) is 42.5 Å². The largest absolute Gasteiger partial charge is 0.471 e. The highest BCUT2D eigenvalue weighted by molar-refractivity contribution is 6.22. The molecule has 1 aliphatic heterocycles. The van der Waals surface area contributed by atoms with Crippen LogP contribution >= 0.6 is 0 Å². The van der Waals surface area contributed by atoms with Gasteiger partial charge in [0.2, 0.25) is 0 Å². The van der Waals surface area contributed by atoms with Gasteiger partial charge in [-0.15, -0.1) is 0 Å². The lowest BCUT2D eigenvalue weighted by atomic mass is 10.1. The Morgan fingerprint density at radius 2 is 1.40 bits per heavy atom. The molecule has 1 aliphatic rings. The molecule has 0 aliphatic carbocycles. The lowest BCUT2D eigenvalue weighted by molar-refractivity contribution is -0.167. The Hall–Kier alpha value is -3.69. The number of carbonyl (C=O) groups excluding carboxylic acids is 4. The summed E-state index contributed by atoms with van der Waals surface area (Å²) >= 11 is 0. The van der Waals surface area contributed by atoms with Gasteiger partial charge in [-0.25, -0.2) is 0 Å². The van der Waals surface area contributed by atoms with Gasteiger partial charge in [-0.3, -0.25) is 24.1 Å². The predicted octanol–water partition coefficient (Wildman–Crippen LogP) is 3.44. The average molecular weight is 419 g/mol. The number of carbonyl (C=O) groups is 4. The van der Waals surface area contributed by atoms with E-state index >= 15 is 0 Å². The quantitative estimate of drug-likeness (QED) is 0.742. The van der Waals surface area contributed by atoms with Crippen LogP contribution in [0.2, 0.25) is 0 Å². The Labute approximate surface area is 168 Å². The monoisotopic (exact) mass is 419 g/mol. The minimum Gasteiger partial charge on any atom is -0.322 e. The minimum absolute atomic E-state index is 0.0919. The molecular weight excluding hydrogens is 403 g/mol. The van der Waals surface area contributed by atoms with Crippen LogP contribution in [0.1, 0.15) is 44.9 Å². The number of nitrogens with zero attached hydrogens (tertiary/aromatic N) is 1. The number of nitrogens with one attached hydrogen (secondary N) is 2. The van der Waals surface area contributed by atoms with E-state index in [-0.39, 0.29) is 34.1 Å². The van der Waals surface area contributed by atoms with Crippen LogP contribution in [-0.4, -0.2) is 40.7 Å². The summed E-state index contributed by atoms with van der Waals surface area (Å²) in [5.74, 6) is -3.59. The normalized spacial score (nSPS) is 13.5. The second-order valence-corrected chi connectivity index (χ2v) is 6.82. The summed E-state index contributed by atoms with van der Waals surface area (Å²) in [5, 5.41) is 4.23. The van der Waals surface area contributed by atoms with Gasteiger partial charge in [-0.05, 0) is 56.3 Å². The van der Waals surface area contributed by atoms with Crippen LogP contribution in [-0.2, 0) is 4.79 Å². The van der Waals surface area contributed by atoms with E-state index in [4.69, 9.17) is 0 Å². The van der Waals surface area contributed by atoms with Crippen LogP contribution in [0.4, 0.5) is 24.5 Å². The molecule has 10 heteroatoms. The van der Waals surface area contributed by atoms with E-state index in [1.807, 2.05) is 0 Å². The number of anilines is 2. The zero-order valence-corrected chi connectivity index (χ0v) is 15.8. The molecule has 30 heavy (non-hydrogen) atoms. The zero-order chi connectivity index (χ0) is 22.2. The van der Waals surface area contributed by atoms with E-state index in [0.29, 0.717) is 0 Å². The van der Waals surface area contributed by atoms with Crippen molar-refractivity contribution in [3.63, 3.8) is 0 Å². The second-order valence-electron chi connectivity index (χ2n) is 6.82. The van der Waals surface area contributed by atoms with Crippen LogP contribution in [0.25, 0.3) is 0 Å². The van der Waals surface area contributed by atoms with Crippen LogP contribution < -0.4 is 10.6 Å². The van der Waals surface area contributed by atoms with Crippen LogP contribution in [0.3, 0.4) is 0 Å². The number of halogens is 3. The molecule has 0 aromatic heterocycles. The van der Waals surface area contributed by atoms with Gasteiger partial charge in [-0.1, -0.05) is 0 Å². The smallest absolute Gasteiger partial charge is 0.322 e. The number of hydrogen-bond acceptors (Lipinski definition) is 4. The van der Waals surface area contributed by atoms with Gasteiger partial charge >= 0.3 is 12.1 Å². The molecule has 3 rings (SSSR count). The zero-order valence-electron chi connectivity index (χ0n) is 15.8. The molecule has 2 N–H and O–H groups in total. The topological polar surface area (TPSA) is 95.6 Å². The van der Waals surface area contributed by atoms with Crippen molar-refractivity contribution in [2.45, 2.75) is 26.1 Å². The molecule has 156 valence electrons. The molecule has 4 amide bonds. The second kappa shape index (κ2) is 7.62. The van der Waals surface area contributed by atoms with Crippen molar-refractivity contribution < 1.29 is 32.3 Å². The Morgan fingerprint density at radius 3 is 1.93 bits per heavy atom. The lowest BCUT2D eigenvalue weighted by Crippen LogP contribution is -2.35. The van der Waals surface area contributed by atoms with E-state index in [1.54, 1.807) is 19.2 Å². The van der Waals surface area contributed by atoms with Crippen LogP contribution in [0.5, 0.6) is 0 Å². The first-order chi connectivity index (χ1) is 14.0. The Morgan fingerprint density at radius 1 is 0.867 bits per heavy atom. The molecule has 2 aromatic carbocycles. The Kier molecular flexibility index (Phi) is 5.34. The third-order valence-corrected chi connectivity index (χ3v) is 4.35. The molecule has 0 spiro atoms. The average Bonchev–Trinajstić information content (AvgIpc) is 2.92. The van der Waals surface area contributed by atoms with Crippen molar-refractivity contribution in [2.24, 2.45) is 0 Å². The highest BCUT2D eigenvalue weighted by Gasteiger charge is 2.39. The number of hydrogen-bond donors (Lipinski definition) is 2. The number of benzene rings is 2. The van der Waals surface area contributed by atoms with Crippen molar-refractivity contribution in [1.29, 1.82) is 0 Å². The van der Waals surface area contributed by atoms with Gasteiger partial charge in [0.15, 0.2) is 0 Å². The fourth-order valence-corrected chi connectivity index (χ4v) is 2.91. The van der Waals surface area contributed by atoms with Gasteiger partial charge in [0.25, 0.3) is 17.7 Å². The minimum atomic E-state index is -5.01. The molecule has 0 fully saturated rings. The number of amides is 4. The predicted molar refractivity (Wildman–Crippen MR) is 101 cm³/mol. The molecule has 1 heterocycles. The third kappa shape index (κ3) is 4.02. The number of alkyl halides is 3. The molecule has 0 saturated heterocycles. The molecule has 0 radical (unpaired) electrons. The number of imide groups is 1. The van der Waals surface area contributed by atoms with Crippen molar-refractivity contribution in [2.75, 3.05) is 10.6 Å². The molecule has 0 saturated carbocycles. The Bertz CT molecular complexity index is 1050. The van der Waals surface area contributed by atoms with Crippen molar-refractivity contribution >= 4 is 35.0 Å². The van der Waals surface area contributed by atoms with Gasteiger partial charge in [0, 0.05) is 23.0 Å². The summed E-state index contributed by atoms with van der Waals surface area (Å²) in [5.41, 5.74) is 0.652. The third-order valence-electron chi connectivity index (χ3n) is 4.35. The van der Waals surface area contributed by atoms with Crippen molar-refractivity contribution in [1.82, 2.24) is 4.90 Å². The number of rotatable bonds is 4. The summed E-state index contributed by atoms with van der Waals surface area (Å²) in [6.45, 7) is 3.41. The summed E-state index contributed by atoms with van der Waals surface area (Å²) in [6, 6.07) is 8.83. The maximum absolute atomic E-state index is 12.5. The molecular formula is C20H16F3N3O4. The maximum atomic E-state index is 12.5. The van der Waals surface area contributed by atoms with Crippen molar-refractivity contribution in [3.05, 3.63) is 59.2 Å².